The molecule has 0 aromatic heterocycles. The predicted molar refractivity (Wildman–Crippen MR) is 69.7 cm³/mol. The summed E-state index contributed by atoms with van der Waals surface area (Å²) in [4.78, 5) is 0. The van der Waals surface area contributed by atoms with Crippen LogP contribution in [0.4, 0.5) is 0 Å². The van der Waals surface area contributed by atoms with E-state index in [1.54, 1.807) is 0 Å². The van der Waals surface area contributed by atoms with Crippen molar-refractivity contribution in [3.63, 3.8) is 0 Å². The third kappa shape index (κ3) is 4.42. The van der Waals surface area contributed by atoms with Crippen LogP contribution in [0.2, 0.25) is 0 Å². The Morgan fingerprint density at radius 1 is 1.25 bits per heavy atom. The standard InChI is InChI=1S/C14H29NO/c1-4-8-15-14(13(5-2)6-3)10-12-7-9-16-11-12/h12-15H,4-11H2,1-3H3. The Kier molecular flexibility index (Phi) is 7.06. The van der Waals surface area contributed by atoms with Gasteiger partial charge in [-0.15, -0.1) is 0 Å². The van der Waals surface area contributed by atoms with Crippen LogP contribution in [0.1, 0.15) is 52.9 Å². The molecule has 0 saturated carbocycles. The van der Waals surface area contributed by atoms with Gasteiger partial charge in [-0.25, -0.2) is 0 Å². The van der Waals surface area contributed by atoms with E-state index in [4.69, 9.17) is 4.74 Å². The average Bonchev–Trinajstić information content (AvgIpc) is 2.80. The number of hydrogen-bond acceptors (Lipinski definition) is 2. The smallest absolute Gasteiger partial charge is 0.0495 e. The van der Waals surface area contributed by atoms with Gasteiger partial charge < -0.3 is 10.1 Å². The third-order valence-corrected chi connectivity index (χ3v) is 3.89. The minimum Gasteiger partial charge on any atom is -0.381 e. The van der Waals surface area contributed by atoms with E-state index in [2.05, 4.69) is 26.1 Å². The van der Waals surface area contributed by atoms with E-state index in [1.807, 2.05) is 0 Å². The van der Waals surface area contributed by atoms with Crippen LogP contribution < -0.4 is 5.32 Å². The Hall–Kier alpha value is -0.0800. The lowest BCUT2D eigenvalue weighted by Crippen LogP contribution is -2.38. The van der Waals surface area contributed by atoms with Crippen LogP contribution in [-0.2, 0) is 4.74 Å². The van der Waals surface area contributed by atoms with E-state index in [0.717, 1.165) is 31.6 Å². The summed E-state index contributed by atoms with van der Waals surface area (Å²) < 4.78 is 5.48. The molecule has 1 fully saturated rings. The van der Waals surface area contributed by atoms with Crippen LogP contribution in [0, 0.1) is 11.8 Å². The van der Waals surface area contributed by atoms with Crippen molar-refractivity contribution in [3.8, 4) is 0 Å². The maximum atomic E-state index is 5.48. The highest BCUT2D eigenvalue weighted by atomic mass is 16.5. The fourth-order valence-electron chi connectivity index (χ4n) is 2.76. The number of ether oxygens (including phenoxy) is 1. The Balaban J connectivity index is 2.40. The van der Waals surface area contributed by atoms with Gasteiger partial charge in [0.05, 0.1) is 0 Å². The van der Waals surface area contributed by atoms with E-state index in [9.17, 15) is 0 Å². The number of hydrogen-bond donors (Lipinski definition) is 1. The first-order valence-corrected chi connectivity index (χ1v) is 7.12. The number of rotatable bonds is 8. The maximum absolute atomic E-state index is 5.48. The monoisotopic (exact) mass is 227 g/mol. The van der Waals surface area contributed by atoms with Crippen molar-refractivity contribution in [2.45, 2.75) is 58.9 Å². The zero-order chi connectivity index (χ0) is 11.8. The summed E-state index contributed by atoms with van der Waals surface area (Å²) in [5, 5.41) is 3.74. The summed E-state index contributed by atoms with van der Waals surface area (Å²) in [6, 6.07) is 0.710. The molecule has 1 aliphatic rings. The molecule has 1 heterocycles. The lowest BCUT2D eigenvalue weighted by Gasteiger charge is -2.28. The molecule has 2 unspecified atom stereocenters. The molecule has 2 nitrogen and oxygen atoms in total. The zero-order valence-corrected chi connectivity index (χ0v) is 11.3. The molecule has 0 bridgehead atoms. The molecule has 2 atom stereocenters. The van der Waals surface area contributed by atoms with E-state index in [0.29, 0.717) is 6.04 Å². The largest absolute Gasteiger partial charge is 0.381 e. The quantitative estimate of drug-likeness (QED) is 0.687. The zero-order valence-electron chi connectivity index (χ0n) is 11.3. The van der Waals surface area contributed by atoms with Crippen molar-refractivity contribution in [2.24, 2.45) is 11.8 Å². The Morgan fingerprint density at radius 2 is 2.00 bits per heavy atom. The SMILES string of the molecule is CCCNC(CC1CCOC1)C(CC)CC. The summed E-state index contributed by atoms with van der Waals surface area (Å²) in [5.74, 6) is 1.64. The van der Waals surface area contributed by atoms with Gasteiger partial charge in [0.2, 0.25) is 0 Å². The highest BCUT2D eigenvalue weighted by molar-refractivity contribution is 4.79. The van der Waals surface area contributed by atoms with Crippen molar-refractivity contribution in [2.75, 3.05) is 19.8 Å². The first-order chi connectivity index (χ1) is 7.81. The molecule has 0 aromatic rings. The molecule has 0 radical (unpaired) electrons. The molecule has 0 aliphatic carbocycles. The van der Waals surface area contributed by atoms with Crippen LogP contribution >= 0.6 is 0 Å². The van der Waals surface area contributed by atoms with Crippen LogP contribution in [0.5, 0.6) is 0 Å². The second-order valence-corrected chi connectivity index (χ2v) is 5.10. The second-order valence-electron chi connectivity index (χ2n) is 5.10. The van der Waals surface area contributed by atoms with Crippen LogP contribution in [0.25, 0.3) is 0 Å². The van der Waals surface area contributed by atoms with E-state index in [-0.39, 0.29) is 0 Å². The lowest BCUT2D eigenvalue weighted by atomic mass is 9.86. The van der Waals surface area contributed by atoms with Gasteiger partial charge >= 0.3 is 0 Å². The second kappa shape index (κ2) is 8.08. The van der Waals surface area contributed by atoms with Gasteiger partial charge in [-0.05, 0) is 37.6 Å². The Labute approximate surface area is 101 Å². The summed E-state index contributed by atoms with van der Waals surface area (Å²) in [6.07, 6.45) is 6.41. The molecule has 0 amide bonds. The van der Waals surface area contributed by atoms with Crippen molar-refractivity contribution >= 4 is 0 Å². The van der Waals surface area contributed by atoms with Gasteiger partial charge in [0, 0.05) is 19.3 Å². The summed E-state index contributed by atoms with van der Waals surface area (Å²) in [7, 11) is 0. The van der Waals surface area contributed by atoms with E-state index in [1.165, 1.54) is 32.1 Å². The molecule has 0 spiro atoms. The fourth-order valence-corrected chi connectivity index (χ4v) is 2.76. The average molecular weight is 227 g/mol. The highest BCUT2D eigenvalue weighted by Crippen LogP contribution is 2.24. The van der Waals surface area contributed by atoms with Gasteiger partial charge in [-0.1, -0.05) is 33.6 Å². The Bertz CT molecular complexity index is 162. The normalized spacial score (nSPS) is 22.9. The molecule has 1 aliphatic heterocycles. The Morgan fingerprint density at radius 3 is 2.50 bits per heavy atom. The van der Waals surface area contributed by atoms with Crippen molar-refractivity contribution in [3.05, 3.63) is 0 Å². The highest BCUT2D eigenvalue weighted by Gasteiger charge is 2.24. The molecular weight excluding hydrogens is 198 g/mol. The van der Waals surface area contributed by atoms with Crippen LogP contribution in [0.3, 0.4) is 0 Å². The first kappa shape index (κ1) is 14.0. The van der Waals surface area contributed by atoms with E-state index < -0.39 is 0 Å². The topological polar surface area (TPSA) is 21.3 Å². The minimum absolute atomic E-state index is 0.710. The van der Waals surface area contributed by atoms with Gasteiger partial charge in [-0.2, -0.15) is 0 Å². The van der Waals surface area contributed by atoms with E-state index >= 15 is 0 Å². The van der Waals surface area contributed by atoms with Crippen LogP contribution in [0.15, 0.2) is 0 Å². The molecule has 2 heteroatoms. The molecule has 96 valence electrons. The first-order valence-electron chi connectivity index (χ1n) is 7.12. The molecule has 1 saturated heterocycles. The predicted octanol–water partition coefficient (Wildman–Crippen LogP) is 3.22. The molecule has 1 rings (SSSR count). The molecule has 16 heavy (non-hydrogen) atoms. The maximum Gasteiger partial charge on any atom is 0.0495 e. The number of nitrogens with one attached hydrogen (secondary N) is 1. The van der Waals surface area contributed by atoms with Gasteiger partial charge in [-0.3, -0.25) is 0 Å². The molecule has 1 N–H and O–H groups in total. The third-order valence-electron chi connectivity index (χ3n) is 3.89. The summed E-state index contributed by atoms with van der Waals surface area (Å²) in [6.45, 7) is 10.0. The fraction of sp³-hybridized carbons (Fsp3) is 1.00. The van der Waals surface area contributed by atoms with Gasteiger partial charge in [0.1, 0.15) is 0 Å². The summed E-state index contributed by atoms with van der Waals surface area (Å²) in [5.41, 5.74) is 0. The van der Waals surface area contributed by atoms with Crippen LogP contribution in [-0.4, -0.2) is 25.8 Å². The van der Waals surface area contributed by atoms with Gasteiger partial charge in [0.15, 0.2) is 0 Å². The van der Waals surface area contributed by atoms with Crippen molar-refractivity contribution in [1.82, 2.24) is 5.32 Å². The molecule has 0 aromatic carbocycles. The van der Waals surface area contributed by atoms with Crippen molar-refractivity contribution in [1.29, 1.82) is 0 Å². The van der Waals surface area contributed by atoms with Gasteiger partial charge in [0.25, 0.3) is 0 Å². The molecular formula is C14H29NO. The minimum atomic E-state index is 0.710. The lowest BCUT2D eigenvalue weighted by molar-refractivity contribution is 0.176. The summed E-state index contributed by atoms with van der Waals surface area (Å²) >= 11 is 0. The van der Waals surface area contributed by atoms with Crippen molar-refractivity contribution < 1.29 is 4.74 Å².